The topological polar surface area (TPSA) is 78.5 Å². The van der Waals surface area contributed by atoms with Crippen LogP contribution in [0.3, 0.4) is 0 Å². The zero-order valence-electron chi connectivity index (χ0n) is 13.5. The van der Waals surface area contributed by atoms with Crippen molar-refractivity contribution in [2.45, 2.75) is 12.5 Å². The second-order valence-corrected chi connectivity index (χ2v) is 6.70. The Bertz CT molecular complexity index is 860. The van der Waals surface area contributed by atoms with Gasteiger partial charge in [-0.15, -0.1) is 0 Å². The zero-order valence-corrected chi connectivity index (χ0v) is 15.1. The minimum Gasteiger partial charge on any atom is -0.325 e. The van der Waals surface area contributed by atoms with Crippen molar-refractivity contribution >= 4 is 39.5 Å². The molecule has 0 spiro atoms. The molecule has 0 bridgehead atoms. The maximum atomic E-state index is 13.8. The second-order valence-electron chi connectivity index (χ2n) is 5.79. The lowest BCUT2D eigenvalue weighted by atomic mass is 10.1. The molecule has 1 aliphatic heterocycles. The first-order chi connectivity index (χ1) is 12.4. The van der Waals surface area contributed by atoms with Gasteiger partial charge in [0.2, 0.25) is 5.91 Å². The summed E-state index contributed by atoms with van der Waals surface area (Å²) in [4.78, 5) is 37.4. The highest BCUT2D eigenvalue weighted by Gasteiger charge is 2.38. The van der Waals surface area contributed by atoms with E-state index in [1.807, 2.05) is 30.3 Å². The van der Waals surface area contributed by atoms with Gasteiger partial charge < -0.3 is 10.6 Å². The number of carbonyl (C=O) groups is 3. The number of imide groups is 1. The van der Waals surface area contributed by atoms with Gasteiger partial charge in [-0.25, -0.2) is 9.18 Å². The summed E-state index contributed by atoms with van der Waals surface area (Å²) in [6.45, 7) is -0.481. The number of halogens is 2. The van der Waals surface area contributed by atoms with Crippen LogP contribution in [0.25, 0.3) is 0 Å². The Labute approximate surface area is 157 Å². The Balaban J connectivity index is 1.63. The number of nitrogens with zero attached hydrogens (tertiary/aromatic N) is 1. The molecule has 1 heterocycles. The van der Waals surface area contributed by atoms with Crippen LogP contribution < -0.4 is 10.6 Å². The van der Waals surface area contributed by atoms with Crippen LogP contribution >= 0.6 is 15.9 Å². The monoisotopic (exact) mass is 419 g/mol. The number of nitrogens with one attached hydrogen (secondary N) is 2. The molecule has 0 radical (unpaired) electrons. The van der Waals surface area contributed by atoms with E-state index in [9.17, 15) is 18.8 Å². The largest absolute Gasteiger partial charge is 0.325 e. The zero-order chi connectivity index (χ0) is 18.7. The van der Waals surface area contributed by atoms with Crippen molar-refractivity contribution in [3.63, 3.8) is 0 Å². The predicted molar refractivity (Wildman–Crippen MR) is 96.9 cm³/mol. The Morgan fingerprint density at radius 1 is 1.19 bits per heavy atom. The smallest absolute Gasteiger partial charge is 0.325 e. The van der Waals surface area contributed by atoms with E-state index in [0.29, 0.717) is 10.9 Å². The molecule has 0 aromatic heterocycles. The fraction of sp³-hybridized carbons (Fsp3) is 0.167. The van der Waals surface area contributed by atoms with E-state index in [1.165, 1.54) is 12.1 Å². The summed E-state index contributed by atoms with van der Waals surface area (Å²) >= 11 is 3.12. The predicted octanol–water partition coefficient (Wildman–Crippen LogP) is 2.69. The molecule has 1 saturated heterocycles. The average molecular weight is 420 g/mol. The number of amides is 4. The minimum absolute atomic E-state index is 0.0221. The van der Waals surface area contributed by atoms with Gasteiger partial charge in [-0.3, -0.25) is 14.5 Å². The van der Waals surface area contributed by atoms with Gasteiger partial charge in [0, 0.05) is 10.9 Å². The third-order valence-corrected chi connectivity index (χ3v) is 4.39. The van der Waals surface area contributed by atoms with Crippen molar-refractivity contribution in [3.05, 3.63) is 64.4 Å². The van der Waals surface area contributed by atoms with Gasteiger partial charge in [0.25, 0.3) is 5.91 Å². The molecule has 0 unspecified atom stereocenters. The molecule has 8 heteroatoms. The molecule has 0 aliphatic carbocycles. The summed E-state index contributed by atoms with van der Waals surface area (Å²) in [5.74, 6) is -1.76. The third-order valence-electron chi connectivity index (χ3n) is 3.90. The highest BCUT2D eigenvalue weighted by molar-refractivity contribution is 9.10. The lowest BCUT2D eigenvalue weighted by Crippen LogP contribution is -2.38. The summed E-state index contributed by atoms with van der Waals surface area (Å²) in [6.07, 6.45) is 0.338. The molecular weight excluding hydrogens is 405 g/mol. The highest BCUT2D eigenvalue weighted by atomic mass is 79.9. The normalized spacial score (nSPS) is 16.5. The van der Waals surface area contributed by atoms with E-state index in [2.05, 4.69) is 26.6 Å². The molecule has 4 amide bonds. The van der Waals surface area contributed by atoms with E-state index in [4.69, 9.17) is 0 Å². The Kier molecular flexibility index (Phi) is 5.32. The summed E-state index contributed by atoms with van der Waals surface area (Å²) in [5, 5.41) is 4.93. The van der Waals surface area contributed by atoms with Crippen LogP contribution in [0.5, 0.6) is 0 Å². The van der Waals surface area contributed by atoms with Crippen LogP contribution in [-0.4, -0.2) is 35.3 Å². The van der Waals surface area contributed by atoms with Crippen LogP contribution in [0, 0.1) is 5.82 Å². The molecule has 2 aromatic carbocycles. The number of hydrogen-bond acceptors (Lipinski definition) is 3. The molecule has 26 heavy (non-hydrogen) atoms. The standard InChI is InChI=1S/C18H15BrFN3O3/c19-12-6-7-14(13(20)9-12)21-16(24)10-23-17(25)15(22-18(23)26)8-11-4-2-1-3-5-11/h1-7,9,15H,8,10H2,(H,21,24)(H,22,26)/t15-/m1/s1. The Morgan fingerprint density at radius 2 is 1.92 bits per heavy atom. The van der Waals surface area contributed by atoms with Crippen LogP contribution in [0.15, 0.2) is 53.0 Å². The van der Waals surface area contributed by atoms with Gasteiger partial charge in [0.1, 0.15) is 18.4 Å². The number of benzene rings is 2. The first-order valence-electron chi connectivity index (χ1n) is 7.85. The molecule has 1 atom stereocenters. The SMILES string of the molecule is O=C(CN1C(=O)N[C@H](Cc2ccccc2)C1=O)Nc1ccc(Br)cc1F. The fourth-order valence-electron chi connectivity index (χ4n) is 2.64. The van der Waals surface area contributed by atoms with E-state index in [1.54, 1.807) is 6.07 Å². The van der Waals surface area contributed by atoms with Crippen LogP contribution in [0.1, 0.15) is 5.56 Å². The van der Waals surface area contributed by atoms with E-state index >= 15 is 0 Å². The van der Waals surface area contributed by atoms with E-state index in [0.717, 1.165) is 10.5 Å². The first kappa shape index (κ1) is 18.1. The van der Waals surface area contributed by atoms with Gasteiger partial charge in [-0.05, 0) is 23.8 Å². The quantitative estimate of drug-likeness (QED) is 0.731. The molecule has 1 aliphatic rings. The van der Waals surface area contributed by atoms with Gasteiger partial charge in [-0.2, -0.15) is 0 Å². The summed E-state index contributed by atoms with van der Waals surface area (Å²) in [5.41, 5.74) is 0.875. The van der Waals surface area contributed by atoms with Crippen molar-refractivity contribution in [1.29, 1.82) is 0 Å². The lowest BCUT2D eigenvalue weighted by molar-refractivity contribution is -0.130. The summed E-state index contributed by atoms with van der Waals surface area (Å²) in [7, 11) is 0. The van der Waals surface area contributed by atoms with Crippen LogP contribution in [0.4, 0.5) is 14.9 Å². The molecule has 134 valence electrons. The number of anilines is 1. The van der Waals surface area contributed by atoms with Crippen LogP contribution in [-0.2, 0) is 16.0 Å². The number of hydrogen-bond donors (Lipinski definition) is 2. The number of urea groups is 1. The average Bonchev–Trinajstić information content (AvgIpc) is 2.86. The molecule has 3 rings (SSSR count). The van der Waals surface area contributed by atoms with Gasteiger partial charge in [0.05, 0.1) is 5.69 Å². The van der Waals surface area contributed by atoms with Gasteiger partial charge >= 0.3 is 6.03 Å². The van der Waals surface area contributed by atoms with Crippen molar-refractivity contribution in [1.82, 2.24) is 10.2 Å². The number of carbonyl (C=O) groups excluding carboxylic acids is 3. The van der Waals surface area contributed by atoms with Crippen LogP contribution in [0.2, 0.25) is 0 Å². The first-order valence-corrected chi connectivity index (χ1v) is 8.64. The van der Waals surface area contributed by atoms with Crippen molar-refractivity contribution in [2.75, 3.05) is 11.9 Å². The molecule has 1 fully saturated rings. The van der Waals surface area contributed by atoms with Crippen molar-refractivity contribution < 1.29 is 18.8 Å². The van der Waals surface area contributed by atoms with Crippen molar-refractivity contribution in [3.8, 4) is 0 Å². The molecule has 6 nitrogen and oxygen atoms in total. The molecule has 0 saturated carbocycles. The Hall–Kier alpha value is -2.74. The van der Waals surface area contributed by atoms with Gasteiger partial charge in [-0.1, -0.05) is 46.3 Å². The summed E-state index contributed by atoms with van der Waals surface area (Å²) in [6, 6.07) is 12.1. The molecule has 2 aromatic rings. The van der Waals surface area contributed by atoms with E-state index < -0.39 is 36.2 Å². The third kappa shape index (κ3) is 4.08. The fourth-order valence-corrected chi connectivity index (χ4v) is 2.97. The lowest BCUT2D eigenvalue weighted by Gasteiger charge is -2.13. The summed E-state index contributed by atoms with van der Waals surface area (Å²) < 4.78 is 14.3. The maximum Gasteiger partial charge on any atom is 0.325 e. The highest BCUT2D eigenvalue weighted by Crippen LogP contribution is 2.19. The van der Waals surface area contributed by atoms with Gasteiger partial charge in [0.15, 0.2) is 0 Å². The Morgan fingerprint density at radius 3 is 2.62 bits per heavy atom. The van der Waals surface area contributed by atoms with Crippen molar-refractivity contribution in [2.24, 2.45) is 0 Å². The maximum absolute atomic E-state index is 13.8. The molecular formula is C18H15BrFN3O3. The second kappa shape index (κ2) is 7.65. The molecule has 2 N–H and O–H groups in total. The number of rotatable bonds is 5. The van der Waals surface area contributed by atoms with E-state index in [-0.39, 0.29) is 5.69 Å². The minimum atomic E-state index is -0.720.